The number of hydrogen-bond acceptors (Lipinski definition) is 3. The molecule has 2 aromatic rings. The summed E-state index contributed by atoms with van der Waals surface area (Å²) in [7, 11) is 1.68. The third-order valence-electron chi connectivity index (χ3n) is 3.18. The molecule has 1 N–H and O–H groups in total. The Morgan fingerprint density at radius 1 is 1.13 bits per heavy atom. The molecule has 0 unspecified atom stereocenters. The first kappa shape index (κ1) is 18.0. The van der Waals surface area contributed by atoms with Crippen molar-refractivity contribution in [3.63, 3.8) is 0 Å². The fourth-order valence-corrected chi connectivity index (χ4v) is 3.39. The van der Waals surface area contributed by atoms with E-state index in [0.29, 0.717) is 18.9 Å². The SMILES string of the molecule is COCc1cccc(CNC(=O)CSCc2cccc(Br)c2)c1. The molecule has 2 rings (SSSR count). The molecule has 0 radical (unpaired) electrons. The van der Waals surface area contributed by atoms with Gasteiger partial charge in [0.25, 0.3) is 0 Å². The summed E-state index contributed by atoms with van der Waals surface area (Å²) in [4.78, 5) is 11.9. The predicted octanol–water partition coefficient (Wildman–Crippen LogP) is 4.15. The molecule has 0 aliphatic heterocycles. The second-order valence-corrected chi connectivity index (χ2v) is 7.05. The van der Waals surface area contributed by atoms with Crippen molar-refractivity contribution in [1.82, 2.24) is 5.32 Å². The Kier molecular flexibility index (Phi) is 7.65. The van der Waals surface area contributed by atoms with Gasteiger partial charge in [0.15, 0.2) is 0 Å². The van der Waals surface area contributed by atoms with Crippen LogP contribution in [0.25, 0.3) is 0 Å². The van der Waals surface area contributed by atoms with Crippen LogP contribution in [0.15, 0.2) is 53.0 Å². The predicted molar refractivity (Wildman–Crippen MR) is 99.3 cm³/mol. The molecule has 1 amide bonds. The minimum atomic E-state index is 0.0575. The molecule has 0 aliphatic rings. The standard InChI is InChI=1S/C18H20BrNO2S/c1-22-11-15-5-2-4-14(8-15)10-20-18(21)13-23-12-16-6-3-7-17(19)9-16/h2-9H,10-13H2,1H3,(H,20,21). The van der Waals surface area contributed by atoms with E-state index >= 15 is 0 Å². The van der Waals surface area contributed by atoms with Crippen molar-refractivity contribution in [3.05, 3.63) is 69.7 Å². The quantitative estimate of drug-likeness (QED) is 0.731. The number of hydrogen-bond donors (Lipinski definition) is 1. The molecule has 0 bridgehead atoms. The Bertz CT molecular complexity index is 648. The molecular weight excluding hydrogens is 374 g/mol. The Morgan fingerprint density at radius 3 is 2.65 bits per heavy atom. The van der Waals surface area contributed by atoms with Crippen molar-refractivity contribution in [2.45, 2.75) is 18.9 Å². The van der Waals surface area contributed by atoms with Gasteiger partial charge in [-0.15, -0.1) is 11.8 Å². The number of carbonyl (C=O) groups is 1. The van der Waals surface area contributed by atoms with Gasteiger partial charge in [0.1, 0.15) is 0 Å². The molecule has 0 aliphatic carbocycles. The van der Waals surface area contributed by atoms with Gasteiger partial charge in [0, 0.05) is 23.9 Å². The number of methoxy groups -OCH3 is 1. The number of halogens is 1. The van der Waals surface area contributed by atoms with Crippen LogP contribution in [0.2, 0.25) is 0 Å². The topological polar surface area (TPSA) is 38.3 Å². The van der Waals surface area contributed by atoms with E-state index in [1.807, 2.05) is 30.3 Å². The van der Waals surface area contributed by atoms with Gasteiger partial charge < -0.3 is 10.1 Å². The van der Waals surface area contributed by atoms with Gasteiger partial charge in [-0.3, -0.25) is 4.79 Å². The first-order chi connectivity index (χ1) is 11.2. The number of ether oxygens (including phenoxy) is 1. The highest BCUT2D eigenvalue weighted by Crippen LogP contribution is 2.16. The van der Waals surface area contributed by atoms with E-state index in [-0.39, 0.29) is 5.91 Å². The number of thioether (sulfide) groups is 1. The molecule has 0 atom stereocenters. The van der Waals surface area contributed by atoms with E-state index in [2.05, 4.69) is 39.4 Å². The minimum Gasteiger partial charge on any atom is -0.380 e. The highest BCUT2D eigenvalue weighted by Gasteiger charge is 2.03. The Morgan fingerprint density at radius 2 is 1.87 bits per heavy atom. The minimum absolute atomic E-state index is 0.0575. The average Bonchev–Trinajstić information content (AvgIpc) is 2.54. The molecule has 3 nitrogen and oxygen atoms in total. The van der Waals surface area contributed by atoms with Crippen molar-refractivity contribution in [3.8, 4) is 0 Å². The monoisotopic (exact) mass is 393 g/mol. The largest absolute Gasteiger partial charge is 0.380 e. The average molecular weight is 394 g/mol. The summed E-state index contributed by atoms with van der Waals surface area (Å²) in [6, 6.07) is 16.2. The number of nitrogens with one attached hydrogen (secondary N) is 1. The summed E-state index contributed by atoms with van der Waals surface area (Å²) in [6.07, 6.45) is 0. The summed E-state index contributed by atoms with van der Waals surface area (Å²) in [6.45, 7) is 1.14. The van der Waals surface area contributed by atoms with Crippen LogP contribution < -0.4 is 5.32 Å². The van der Waals surface area contributed by atoms with Gasteiger partial charge >= 0.3 is 0 Å². The van der Waals surface area contributed by atoms with E-state index in [1.54, 1.807) is 18.9 Å². The molecule has 0 saturated carbocycles. The van der Waals surface area contributed by atoms with Gasteiger partial charge in [-0.05, 0) is 28.8 Å². The fraction of sp³-hybridized carbons (Fsp3) is 0.278. The van der Waals surface area contributed by atoms with Gasteiger partial charge in [0.2, 0.25) is 5.91 Å². The lowest BCUT2D eigenvalue weighted by Gasteiger charge is -2.07. The molecule has 0 fully saturated rings. The summed E-state index contributed by atoms with van der Waals surface area (Å²) in [5.41, 5.74) is 3.41. The van der Waals surface area contributed by atoms with Gasteiger partial charge in [-0.2, -0.15) is 0 Å². The zero-order valence-electron chi connectivity index (χ0n) is 13.0. The third kappa shape index (κ3) is 6.77. The van der Waals surface area contributed by atoms with Crippen molar-refractivity contribution < 1.29 is 9.53 Å². The van der Waals surface area contributed by atoms with Crippen LogP contribution in [0.1, 0.15) is 16.7 Å². The molecule has 0 aromatic heterocycles. The Labute approximate surface area is 149 Å². The maximum absolute atomic E-state index is 11.9. The van der Waals surface area contributed by atoms with E-state index in [4.69, 9.17) is 4.74 Å². The van der Waals surface area contributed by atoms with Crippen molar-refractivity contribution in [2.75, 3.05) is 12.9 Å². The normalized spacial score (nSPS) is 10.5. The summed E-state index contributed by atoms with van der Waals surface area (Å²) in [5.74, 6) is 1.35. The lowest BCUT2D eigenvalue weighted by Crippen LogP contribution is -2.24. The molecule has 5 heteroatoms. The number of rotatable bonds is 8. The van der Waals surface area contributed by atoms with Crippen molar-refractivity contribution in [2.24, 2.45) is 0 Å². The van der Waals surface area contributed by atoms with Crippen LogP contribution in [0, 0.1) is 0 Å². The lowest BCUT2D eigenvalue weighted by atomic mass is 10.1. The molecule has 0 heterocycles. The molecular formula is C18H20BrNO2S. The molecule has 0 spiro atoms. The first-order valence-electron chi connectivity index (χ1n) is 7.33. The second-order valence-electron chi connectivity index (χ2n) is 5.15. The van der Waals surface area contributed by atoms with E-state index in [0.717, 1.165) is 21.4 Å². The smallest absolute Gasteiger partial charge is 0.230 e. The zero-order chi connectivity index (χ0) is 16.5. The van der Waals surface area contributed by atoms with Crippen LogP contribution in [0.5, 0.6) is 0 Å². The van der Waals surface area contributed by atoms with Gasteiger partial charge in [0.05, 0.1) is 12.4 Å². The van der Waals surface area contributed by atoms with E-state index in [1.165, 1.54) is 5.56 Å². The molecule has 23 heavy (non-hydrogen) atoms. The van der Waals surface area contributed by atoms with Crippen LogP contribution in [0.4, 0.5) is 0 Å². The van der Waals surface area contributed by atoms with Crippen LogP contribution in [0.3, 0.4) is 0 Å². The number of benzene rings is 2. The molecule has 2 aromatic carbocycles. The summed E-state index contributed by atoms with van der Waals surface area (Å²) in [5, 5.41) is 2.96. The van der Waals surface area contributed by atoms with Crippen LogP contribution >= 0.6 is 27.7 Å². The zero-order valence-corrected chi connectivity index (χ0v) is 15.5. The number of carbonyl (C=O) groups excluding carboxylic acids is 1. The maximum Gasteiger partial charge on any atom is 0.230 e. The summed E-state index contributed by atoms with van der Waals surface area (Å²) < 4.78 is 6.18. The fourth-order valence-electron chi connectivity index (χ4n) is 2.14. The van der Waals surface area contributed by atoms with Crippen LogP contribution in [-0.2, 0) is 28.4 Å². The maximum atomic E-state index is 11.9. The third-order valence-corrected chi connectivity index (χ3v) is 4.68. The second kappa shape index (κ2) is 9.75. The van der Waals surface area contributed by atoms with Gasteiger partial charge in [-0.25, -0.2) is 0 Å². The van der Waals surface area contributed by atoms with E-state index in [9.17, 15) is 4.79 Å². The summed E-state index contributed by atoms with van der Waals surface area (Å²) >= 11 is 5.07. The highest BCUT2D eigenvalue weighted by molar-refractivity contribution is 9.10. The first-order valence-corrected chi connectivity index (χ1v) is 9.28. The number of amides is 1. The Balaban J connectivity index is 1.71. The Hall–Kier alpha value is -1.30. The van der Waals surface area contributed by atoms with Gasteiger partial charge in [-0.1, -0.05) is 52.3 Å². The molecule has 122 valence electrons. The van der Waals surface area contributed by atoms with Crippen LogP contribution in [-0.4, -0.2) is 18.8 Å². The van der Waals surface area contributed by atoms with Crippen molar-refractivity contribution >= 4 is 33.6 Å². The van der Waals surface area contributed by atoms with Crippen molar-refractivity contribution in [1.29, 1.82) is 0 Å². The highest BCUT2D eigenvalue weighted by atomic mass is 79.9. The lowest BCUT2D eigenvalue weighted by molar-refractivity contribution is -0.118. The van der Waals surface area contributed by atoms with E-state index < -0.39 is 0 Å². The molecule has 0 saturated heterocycles.